The summed E-state index contributed by atoms with van der Waals surface area (Å²) < 4.78 is 5.60. The SMILES string of the molecule is O=C(O)Cc1ccc(SCCOc2ccccc2Cl)cc1. The van der Waals surface area contributed by atoms with Gasteiger partial charge < -0.3 is 9.84 Å². The summed E-state index contributed by atoms with van der Waals surface area (Å²) in [6.07, 6.45) is 0.0561. The van der Waals surface area contributed by atoms with E-state index in [1.807, 2.05) is 42.5 Å². The van der Waals surface area contributed by atoms with Crippen LogP contribution in [0.25, 0.3) is 0 Å². The molecule has 21 heavy (non-hydrogen) atoms. The number of carboxylic acids is 1. The molecule has 0 aliphatic rings. The lowest BCUT2D eigenvalue weighted by Crippen LogP contribution is -2.01. The molecule has 0 aromatic heterocycles. The van der Waals surface area contributed by atoms with Gasteiger partial charge in [0.05, 0.1) is 18.1 Å². The van der Waals surface area contributed by atoms with Gasteiger partial charge in [-0.2, -0.15) is 0 Å². The fraction of sp³-hybridized carbons (Fsp3) is 0.188. The smallest absolute Gasteiger partial charge is 0.307 e. The Morgan fingerprint density at radius 3 is 2.52 bits per heavy atom. The van der Waals surface area contributed by atoms with Gasteiger partial charge in [0.25, 0.3) is 0 Å². The van der Waals surface area contributed by atoms with Crippen molar-refractivity contribution in [2.75, 3.05) is 12.4 Å². The Labute approximate surface area is 132 Å². The maximum absolute atomic E-state index is 10.6. The lowest BCUT2D eigenvalue weighted by Gasteiger charge is -2.07. The molecule has 3 nitrogen and oxygen atoms in total. The van der Waals surface area contributed by atoms with Crippen LogP contribution in [0, 0.1) is 0 Å². The molecule has 0 aliphatic carbocycles. The number of thioether (sulfide) groups is 1. The fourth-order valence-electron chi connectivity index (χ4n) is 1.75. The molecule has 0 aliphatic heterocycles. The summed E-state index contributed by atoms with van der Waals surface area (Å²) in [6, 6.07) is 14.9. The van der Waals surface area contributed by atoms with Crippen LogP contribution in [0.4, 0.5) is 0 Å². The van der Waals surface area contributed by atoms with Crippen molar-refractivity contribution in [3.05, 3.63) is 59.1 Å². The number of hydrogen-bond acceptors (Lipinski definition) is 3. The molecule has 0 atom stereocenters. The summed E-state index contributed by atoms with van der Waals surface area (Å²) in [4.78, 5) is 11.7. The molecular weight excluding hydrogens is 308 g/mol. The van der Waals surface area contributed by atoms with E-state index in [-0.39, 0.29) is 6.42 Å². The zero-order chi connectivity index (χ0) is 15.1. The summed E-state index contributed by atoms with van der Waals surface area (Å²) in [7, 11) is 0. The number of carbonyl (C=O) groups is 1. The molecule has 2 aromatic rings. The number of benzene rings is 2. The molecule has 0 saturated carbocycles. The van der Waals surface area contributed by atoms with Crippen LogP contribution in [0.2, 0.25) is 5.02 Å². The molecular formula is C16H15ClO3S. The van der Waals surface area contributed by atoms with Crippen molar-refractivity contribution in [3.63, 3.8) is 0 Å². The molecule has 2 aromatic carbocycles. The molecule has 0 fully saturated rings. The van der Waals surface area contributed by atoms with Crippen molar-refractivity contribution in [2.45, 2.75) is 11.3 Å². The highest BCUT2D eigenvalue weighted by Gasteiger charge is 2.02. The standard InChI is InChI=1S/C16H15ClO3S/c17-14-3-1-2-4-15(14)20-9-10-21-13-7-5-12(6-8-13)11-16(18)19/h1-8H,9-11H2,(H,18,19). The molecule has 110 valence electrons. The Kier molecular flexibility index (Phi) is 5.96. The predicted octanol–water partition coefficient (Wildman–Crippen LogP) is 4.14. The summed E-state index contributed by atoms with van der Waals surface area (Å²) >= 11 is 7.66. The summed E-state index contributed by atoms with van der Waals surface area (Å²) in [6.45, 7) is 0.561. The van der Waals surface area contributed by atoms with Gasteiger partial charge in [0.1, 0.15) is 5.75 Å². The highest BCUT2D eigenvalue weighted by molar-refractivity contribution is 7.99. The minimum absolute atomic E-state index is 0.0561. The number of hydrogen-bond donors (Lipinski definition) is 1. The molecule has 1 N–H and O–H groups in total. The van der Waals surface area contributed by atoms with E-state index in [9.17, 15) is 4.79 Å². The monoisotopic (exact) mass is 322 g/mol. The van der Waals surface area contributed by atoms with Crippen LogP contribution < -0.4 is 4.74 Å². The minimum atomic E-state index is -0.816. The summed E-state index contributed by atoms with van der Waals surface area (Å²) in [5.41, 5.74) is 0.805. The highest BCUT2D eigenvalue weighted by Crippen LogP contribution is 2.24. The van der Waals surface area contributed by atoms with Crippen molar-refractivity contribution >= 4 is 29.3 Å². The van der Waals surface area contributed by atoms with Gasteiger partial charge in [-0.05, 0) is 29.8 Å². The lowest BCUT2D eigenvalue weighted by atomic mass is 10.2. The Morgan fingerprint density at radius 1 is 1.14 bits per heavy atom. The number of carboxylic acid groups (broad SMARTS) is 1. The second-order valence-corrected chi connectivity index (χ2v) is 5.92. The van der Waals surface area contributed by atoms with Crippen molar-refractivity contribution < 1.29 is 14.6 Å². The van der Waals surface area contributed by atoms with Gasteiger partial charge in [0.2, 0.25) is 0 Å². The van der Waals surface area contributed by atoms with E-state index < -0.39 is 5.97 Å². The third-order valence-corrected chi connectivity index (χ3v) is 4.01. The third kappa shape index (κ3) is 5.33. The van der Waals surface area contributed by atoms with E-state index in [4.69, 9.17) is 21.4 Å². The van der Waals surface area contributed by atoms with Crippen molar-refractivity contribution in [3.8, 4) is 5.75 Å². The second kappa shape index (κ2) is 7.96. The zero-order valence-electron chi connectivity index (χ0n) is 11.3. The topological polar surface area (TPSA) is 46.5 Å². The van der Waals surface area contributed by atoms with Gasteiger partial charge in [-0.15, -0.1) is 11.8 Å². The summed E-state index contributed by atoms with van der Waals surface area (Å²) in [5.74, 6) is 0.670. The van der Waals surface area contributed by atoms with Gasteiger partial charge in [0.15, 0.2) is 0 Å². The van der Waals surface area contributed by atoms with Gasteiger partial charge in [0, 0.05) is 10.6 Å². The van der Waals surface area contributed by atoms with Gasteiger partial charge in [-0.3, -0.25) is 4.79 Å². The first-order valence-electron chi connectivity index (χ1n) is 6.46. The first-order valence-corrected chi connectivity index (χ1v) is 7.82. The highest BCUT2D eigenvalue weighted by atomic mass is 35.5. The average molecular weight is 323 g/mol. The molecule has 0 saturated heterocycles. The van der Waals surface area contributed by atoms with Crippen LogP contribution in [0.15, 0.2) is 53.4 Å². The van der Waals surface area contributed by atoms with Crippen LogP contribution in [0.5, 0.6) is 5.75 Å². The molecule has 0 radical (unpaired) electrons. The van der Waals surface area contributed by atoms with Gasteiger partial charge in [-0.1, -0.05) is 35.9 Å². The van der Waals surface area contributed by atoms with E-state index in [0.29, 0.717) is 17.4 Å². The number of rotatable bonds is 7. The minimum Gasteiger partial charge on any atom is -0.491 e. The molecule has 0 amide bonds. The first-order chi connectivity index (χ1) is 10.1. The van der Waals surface area contributed by atoms with E-state index in [1.54, 1.807) is 17.8 Å². The maximum atomic E-state index is 10.6. The number of aliphatic carboxylic acids is 1. The Balaban J connectivity index is 1.76. The molecule has 2 rings (SSSR count). The Morgan fingerprint density at radius 2 is 1.86 bits per heavy atom. The molecule has 5 heteroatoms. The van der Waals surface area contributed by atoms with Crippen molar-refractivity contribution in [2.24, 2.45) is 0 Å². The van der Waals surface area contributed by atoms with Crippen molar-refractivity contribution in [1.29, 1.82) is 0 Å². The lowest BCUT2D eigenvalue weighted by molar-refractivity contribution is -0.136. The average Bonchev–Trinajstić information content (AvgIpc) is 2.46. The number of halogens is 1. The van der Waals surface area contributed by atoms with E-state index >= 15 is 0 Å². The maximum Gasteiger partial charge on any atom is 0.307 e. The first kappa shape index (κ1) is 15.7. The summed E-state index contributed by atoms with van der Waals surface area (Å²) in [5, 5.41) is 9.32. The van der Waals surface area contributed by atoms with E-state index in [1.165, 1.54) is 0 Å². The fourth-order valence-corrected chi connectivity index (χ4v) is 2.67. The van der Waals surface area contributed by atoms with Crippen LogP contribution in [-0.2, 0) is 11.2 Å². The molecule has 0 heterocycles. The third-order valence-electron chi connectivity index (χ3n) is 2.72. The molecule has 0 spiro atoms. The van der Waals surface area contributed by atoms with Gasteiger partial charge >= 0.3 is 5.97 Å². The normalized spacial score (nSPS) is 10.3. The second-order valence-electron chi connectivity index (χ2n) is 4.34. The van der Waals surface area contributed by atoms with Crippen LogP contribution in [0.1, 0.15) is 5.56 Å². The van der Waals surface area contributed by atoms with E-state index in [2.05, 4.69) is 0 Å². The van der Waals surface area contributed by atoms with Gasteiger partial charge in [-0.25, -0.2) is 0 Å². The number of ether oxygens (including phenoxy) is 1. The zero-order valence-corrected chi connectivity index (χ0v) is 12.9. The van der Waals surface area contributed by atoms with E-state index in [0.717, 1.165) is 16.2 Å². The van der Waals surface area contributed by atoms with Crippen LogP contribution in [-0.4, -0.2) is 23.4 Å². The predicted molar refractivity (Wildman–Crippen MR) is 85.5 cm³/mol. The van der Waals surface area contributed by atoms with Crippen molar-refractivity contribution in [1.82, 2.24) is 0 Å². The van der Waals surface area contributed by atoms with Crippen LogP contribution >= 0.6 is 23.4 Å². The number of para-hydroxylation sites is 1. The molecule has 0 unspecified atom stereocenters. The Bertz CT molecular complexity index is 599. The molecule has 0 bridgehead atoms. The van der Waals surface area contributed by atoms with Crippen LogP contribution in [0.3, 0.4) is 0 Å². The Hall–Kier alpha value is -1.65. The quantitative estimate of drug-likeness (QED) is 0.615. The largest absolute Gasteiger partial charge is 0.491 e.